The van der Waals surface area contributed by atoms with E-state index in [1.165, 1.54) is 0 Å². The van der Waals surface area contributed by atoms with Crippen molar-refractivity contribution in [3.63, 3.8) is 0 Å². The minimum Gasteiger partial charge on any atom is -0.445 e. The topological polar surface area (TPSA) is 117 Å². The summed E-state index contributed by atoms with van der Waals surface area (Å²) in [4.78, 5) is 40.5. The Labute approximate surface area is 268 Å². The number of ketones is 1. The van der Waals surface area contributed by atoms with Gasteiger partial charge in [0.1, 0.15) is 12.6 Å². The van der Waals surface area contributed by atoms with Gasteiger partial charge in [-0.05, 0) is 34.4 Å². The van der Waals surface area contributed by atoms with E-state index in [1.54, 1.807) is 66.7 Å². The molecule has 2 atom stereocenters. The lowest BCUT2D eigenvalue weighted by molar-refractivity contribution is -0.118. The van der Waals surface area contributed by atoms with Crippen molar-refractivity contribution in [1.82, 2.24) is 10.6 Å². The van der Waals surface area contributed by atoms with Crippen LogP contribution in [0.3, 0.4) is 0 Å². The molecule has 0 aromatic heterocycles. The van der Waals surface area contributed by atoms with E-state index >= 15 is 0 Å². The van der Waals surface area contributed by atoms with Crippen LogP contribution in [0.2, 0.25) is 0 Å². The molecule has 2 amide bonds. The molecular formula is C38H35N3O5. The number of amides is 2. The summed E-state index contributed by atoms with van der Waals surface area (Å²) in [7, 11) is 0. The number of carbonyl (C=O) groups excluding carboxylic acids is 3. The zero-order valence-electron chi connectivity index (χ0n) is 25.1. The molecule has 0 heterocycles. The first-order valence-corrected chi connectivity index (χ1v) is 15.0. The summed E-state index contributed by atoms with van der Waals surface area (Å²) in [5.74, 6) is -0.855. The number of hydrogen-bond acceptors (Lipinski definition) is 6. The third-order valence-electron chi connectivity index (χ3n) is 7.43. The van der Waals surface area contributed by atoms with Crippen LogP contribution in [0, 0.1) is 0 Å². The first kappa shape index (κ1) is 31.8. The van der Waals surface area contributed by atoms with Crippen molar-refractivity contribution in [3.8, 4) is 0 Å². The van der Waals surface area contributed by atoms with Crippen molar-refractivity contribution in [1.29, 1.82) is 0 Å². The van der Waals surface area contributed by atoms with Crippen LogP contribution in [0.4, 0.5) is 10.5 Å². The summed E-state index contributed by atoms with van der Waals surface area (Å²) in [6.07, 6.45) is -0.771. The standard InChI is InChI=1S/C38H35N3O5/c42-25-34(39-24-27-13-5-1-6-14-27)31-21-22-32(36(43)30-19-11-4-12-20-30)33(23-31)40-37(44)35(29-17-9-3-10-18-29)41-38(45)46-26-28-15-7-2-8-16-28/h1-23,34-35,39,42H,24-26H2,(H,40,44)(H,41,45)/t34?,35-/m1/s1. The van der Waals surface area contributed by atoms with Crippen LogP contribution >= 0.6 is 0 Å². The van der Waals surface area contributed by atoms with Gasteiger partial charge in [-0.15, -0.1) is 0 Å². The van der Waals surface area contributed by atoms with E-state index < -0.39 is 24.1 Å². The van der Waals surface area contributed by atoms with Gasteiger partial charge in [-0.25, -0.2) is 4.79 Å². The van der Waals surface area contributed by atoms with E-state index in [1.807, 2.05) is 72.8 Å². The summed E-state index contributed by atoms with van der Waals surface area (Å²) in [5.41, 5.74) is 4.01. The van der Waals surface area contributed by atoms with Crippen LogP contribution < -0.4 is 16.0 Å². The number of aliphatic hydroxyl groups excluding tert-OH is 1. The second-order valence-electron chi connectivity index (χ2n) is 10.6. The Morgan fingerprint density at radius 1 is 0.674 bits per heavy atom. The van der Waals surface area contributed by atoms with Crippen molar-refractivity contribution < 1.29 is 24.2 Å². The van der Waals surface area contributed by atoms with Gasteiger partial charge in [-0.2, -0.15) is 0 Å². The molecule has 5 aromatic rings. The number of nitrogens with one attached hydrogen (secondary N) is 3. The molecule has 5 rings (SSSR count). The first-order chi connectivity index (χ1) is 22.5. The Morgan fingerprint density at radius 3 is 1.89 bits per heavy atom. The zero-order chi connectivity index (χ0) is 32.1. The van der Waals surface area contributed by atoms with Gasteiger partial charge in [0.25, 0.3) is 5.91 Å². The van der Waals surface area contributed by atoms with Gasteiger partial charge in [0.15, 0.2) is 5.78 Å². The Hall–Kier alpha value is -5.57. The molecule has 0 saturated carbocycles. The zero-order valence-corrected chi connectivity index (χ0v) is 25.1. The van der Waals surface area contributed by atoms with Gasteiger partial charge in [-0.3, -0.25) is 9.59 Å². The lowest BCUT2D eigenvalue weighted by Gasteiger charge is -2.22. The van der Waals surface area contributed by atoms with Crippen molar-refractivity contribution in [3.05, 3.63) is 173 Å². The van der Waals surface area contributed by atoms with Gasteiger partial charge >= 0.3 is 6.09 Å². The Kier molecular flexibility index (Phi) is 11.0. The normalized spacial score (nSPS) is 12.0. The number of hydrogen-bond donors (Lipinski definition) is 4. The fourth-order valence-electron chi connectivity index (χ4n) is 4.98. The maximum absolute atomic E-state index is 13.9. The predicted molar refractivity (Wildman–Crippen MR) is 177 cm³/mol. The fraction of sp³-hybridized carbons (Fsp3) is 0.132. The van der Waals surface area contributed by atoms with E-state index in [2.05, 4.69) is 16.0 Å². The third-order valence-corrected chi connectivity index (χ3v) is 7.43. The fourth-order valence-corrected chi connectivity index (χ4v) is 4.98. The summed E-state index contributed by atoms with van der Waals surface area (Å²) in [6.45, 7) is 0.323. The van der Waals surface area contributed by atoms with Gasteiger partial charge in [0, 0.05) is 17.7 Å². The Morgan fingerprint density at radius 2 is 1.26 bits per heavy atom. The summed E-state index contributed by atoms with van der Waals surface area (Å²) in [6, 6.07) is 40.1. The molecule has 8 heteroatoms. The van der Waals surface area contributed by atoms with Gasteiger partial charge in [0.2, 0.25) is 0 Å². The average molecular weight is 614 g/mol. The predicted octanol–water partition coefficient (Wildman–Crippen LogP) is 6.35. The summed E-state index contributed by atoms with van der Waals surface area (Å²) < 4.78 is 5.41. The third kappa shape index (κ3) is 8.53. The maximum Gasteiger partial charge on any atom is 0.408 e. The first-order valence-electron chi connectivity index (χ1n) is 15.0. The molecule has 232 valence electrons. The van der Waals surface area contributed by atoms with Crippen LogP contribution in [-0.2, 0) is 22.7 Å². The highest BCUT2D eigenvalue weighted by atomic mass is 16.5. The lowest BCUT2D eigenvalue weighted by atomic mass is 9.97. The second-order valence-corrected chi connectivity index (χ2v) is 10.6. The second kappa shape index (κ2) is 15.9. The SMILES string of the molecule is O=C(N[C@@H](C(=O)Nc1cc(C(CO)NCc2ccccc2)ccc1C(=O)c1ccccc1)c1ccccc1)OCc1ccccc1. The van der Waals surface area contributed by atoms with E-state index in [4.69, 9.17) is 4.74 Å². The van der Waals surface area contributed by atoms with Crippen molar-refractivity contribution in [2.24, 2.45) is 0 Å². The number of benzene rings is 5. The van der Waals surface area contributed by atoms with Crippen LogP contribution in [-0.4, -0.2) is 29.5 Å². The molecule has 0 fully saturated rings. The molecule has 5 aromatic carbocycles. The molecule has 0 bridgehead atoms. The quantitative estimate of drug-likeness (QED) is 0.115. The molecular weight excluding hydrogens is 578 g/mol. The number of carbonyl (C=O) groups is 3. The number of anilines is 1. The molecule has 0 aliphatic carbocycles. The molecule has 1 unspecified atom stereocenters. The van der Waals surface area contributed by atoms with E-state index in [-0.39, 0.29) is 30.2 Å². The molecule has 46 heavy (non-hydrogen) atoms. The number of alkyl carbamates (subject to hydrolysis) is 1. The van der Waals surface area contributed by atoms with Crippen LogP contribution in [0.15, 0.2) is 140 Å². The highest BCUT2D eigenvalue weighted by Crippen LogP contribution is 2.27. The van der Waals surface area contributed by atoms with Crippen LogP contribution in [0.1, 0.15) is 50.3 Å². The lowest BCUT2D eigenvalue weighted by Crippen LogP contribution is -2.37. The van der Waals surface area contributed by atoms with Crippen molar-refractivity contribution >= 4 is 23.5 Å². The highest BCUT2D eigenvalue weighted by molar-refractivity contribution is 6.14. The smallest absolute Gasteiger partial charge is 0.408 e. The van der Waals surface area contributed by atoms with E-state index in [0.717, 1.165) is 11.1 Å². The summed E-state index contributed by atoms with van der Waals surface area (Å²) in [5, 5.41) is 19.2. The molecule has 8 nitrogen and oxygen atoms in total. The highest BCUT2D eigenvalue weighted by Gasteiger charge is 2.26. The number of ether oxygens (including phenoxy) is 1. The van der Waals surface area contributed by atoms with Gasteiger partial charge < -0.3 is 25.8 Å². The molecule has 0 aliphatic heterocycles. The molecule has 0 saturated heterocycles. The van der Waals surface area contributed by atoms with Crippen molar-refractivity contribution in [2.45, 2.75) is 25.2 Å². The average Bonchev–Trinajstić information content (AvgIpc) is 3.11. The van der Waals surface area contributed by atoms with E-state index in [0.29, 0.717) is 23.2 Å². The molecule has 0 aliphatic rings. The minimum atomic E-state index is -1.13. The minimum absolute atomic E-state index is 0.0338. The maximum atomic E-state index is 13.9. The van der Waals surface area contributed by atoms with Crippen molar-refractivity contribution in [2.75, 3.05) is 11.9 Å². The summed E-state index contributed by atoms with van der Waals surface area (Å²) >= 11 is 0. The molecule has 0 spiro atoms. The molecule has 4 N–H and O–H groups in total. The van der Waals surface area contributed by atoms with Crippen LogP contribution in [0.5, 0.6) is 0 Å². The Bertz CT molecular complexity index is 1730. The van der Waals surface area contributed by atoms with Gasteiger partial charge in [-0.1, -0.05) is 127 Å². The Balaban J connectivity index is 1.42. The van der Waals surface area contributed by atoms with Crippen LogP contribution in [0.25, 0.3) is 0 Å². The molecule has 0 radical (unpaired) electrons. The van der Waals surface area contributed by atoms with Gasteiger partial charge in [0.05, 0.1) is 18.3 Å². The number of rotatable bonds is 13. The van der Waals surface area contributed by atoms with E-state index in [9.17, 15) is 19.5 Å². The largest absolute Gasteiger partial charge is 0.445 e. The monoisotopic (exact) mass is 613 g/mol. The number of aliphatic hydroxyl groups is 1.